The van der Waals surface area contributed by atoms with Crippen LogP contribution in [0.3, 0.4) is 0 Å². The largest absolute Gasteiger partial charge is 0.381 e. The predicted octanol–water partition coefficient (Wildman–Crippen LogP) is 2.79. The summed E-state index contributed by atoms with van der Waals surface area (Å²) in [7, 11) is 1.81. The van der Waals surface area contributed by atoms with Gasteiger partial charge in [-0.25, -0.2) is 4.39 Å². The maximum atomic E-state index is 13.9. The molecule has 1 unspecified atom stereocenters. The molecule has 0 saturated carbocycles. The molecule has 174 valence electrons. The second-order valence-electron chi connectivity index (χ2n) is 9.14. The van der Waals surface area contributed by atoms with Gasteiger partial charge in [-0.2, -0.15) is 0 Å². The van der Waals surface area contributed by atoms with Gasteiger partial charge in [0.1, 0.15) is 5.82 Å². The van der Waals surface area contributed by atoms with Gasteiger partial charge >= 0.3 is 0 Å². The lowest BCUT2D eigenvalue weighted by Gasteiger charge is -2.39. The van der Waals surface area contributed by atoms with E-state index in [0.29, 0.717) is 31.7 Å². The fourth-order valence-corrected chi connectivity index (χ4v) is 4.68. The van der Waals surface area contributed by atoms with Gasteiger partial charge in [-0.1, -0.05) is 26.0 Å². The number of morpholine rings is 1. The minimum absolute atomic E-state index is 0.153. The zero-order valence-electron chi connectivity index (χ0n) is 19.3. The smallest absolute Gasteiger partial charge is 0.191 e. The van der Waals surface area contributed by atoms with Crippen LogP contribution in [-0.4, -0.2) is 76.6 Å². The van der Waals surface area contributed by atoms with Crippen LogP contribution in [0.4, 0.5) is 4.39 Å². The number of guanidine groups is 1. The van der Waals surface area contributed by atoms with E-state index in [1.54, 1.807) is 19.2 Å². The molecular formula is C24H39FN4O2. The van der Waals surface area contributed by atoms with Gasteiger partial charge in [0.25, 0.3) is 0 Å². The van der Waals surface area contributed by atoms with Crippen molar-refractivity contribution < 1.29 is 13.9 Å². The van der Waals surface area contributed by atoms with E-state index in [1.165, 1.54) is 6.07 Å². The highest BCUT2D eigenvalue weighted by atomic mass is 19.1. The van der Waals surface area contributed by atoms with E-state index in [0.717, 1.165) is 63.6 Å². The standard InChI is InChI=1S/C24H39FN4O2/c1-19(2)15-22(29-9-13-31-14-10-29)17-27-23(26-3)28-18-24(7-11-30-12-8-24)20-5-4-6-21(25)16-20/h4-6,16,19,22H,7-15,17-18H2,1-3H3,(H2,26,27,28). The molecule has 2 aliphatic rings. The van der Waals surface area contributed by atoms with Crippen molar-refractivity contribution >= 4 is 5.96 Å². The number of hydrogen-bond donors (Lipinski definition) is 2. The van der Waals surface area contributed by atoms with Gasteiger partial charge < -0.3 is 20.1 Å². The first-order valence-electron chi connectivity index (χ1n) is 11.6. The summed E-state index contributed by atoms with van der Waals surface area (Å²) < 4.78 is 25.1. The molecule has 0 amide bonds. The molecule has 0 aromatic heterocycles. The van der Waals surface area contributed by atoms with Crippen molar-refractivity contribution in [1.82, 2.24) is 15.5 Å². The Kier molecular flexibility index (Phi) is 9.11. The van der Waals surface area contributed by atoms with Crippen molar-refractivity contribution in [2.45, 2.75) is 44.6 Å². The molecule has 2 aliphatic heterocycles. The van der Waals surface area contributed by atoms with Crippen LogP contribution >= 0.6 is 0 Å². The van der Waals surface area contributed by atoms with Crippen LogP contribution in [0.1, 0.15) is 38.7 Å². The molecule has 31 heavy (non-hydrogen) atoms. The van der Waals surface area contributed by atoms with Crippen molar-refractivity contribution in [3.63, 3.8) is 0 Å². The predicted molar refractivity (Wildman–Crippen MR) is 123 cm³/mol. The zero-order valence-corrected chi connectivity index (χ0v) is 19.3. The summed E-state index contributed by atoms with van der Waals surface area (Å²) in [5.74, 6) is 1.24. The molecule has 6 nitrogen and oxygen atoms in total. The number of nitrogens with one attached hydrogen (secondary N) is 2. The van der Waals surface area contributed by atoms with Crippen molar-refractivity contribution in [3.05, 3.63) is 35.6 Å². The number of halogens is 1. The SMILES string of the molecule is CN=C(NCC(CC(C)C)N1CCOCC1)NCC1(c2cccc(F)c2)CCOCC1. The first-order valence-corrected chi connectivity index (χ1v) is 11.6. The van der Waals surface area contributed by atoms with Crippen LogP contribution in [0.5, 0.6) is 0 Å². The fourth-order valence-electron chi connectivity index (χ4n) is 4.68. The molecule has 0 radical (unpaired) electrons. The van der Waals surface area contributed by atoms with Crippen molar-refractivity contribution in [2.24, 2.45) is 10.9 Å². The lowest BCUT2D eigenvalue weighted by Crippen LogP contribution is -2.52. The van der Waals surface area contributed by atoms with Crippen LogP contribution in [0.15, 0.2) is 29.3 Å². The lowest BCUT2D eigenvalue weighted by molar-refractivity contribution is 0.0132. The molecule has 0 spiro atoms. The molecule has 0 bridgehead atoms. The highest BCUT2D eigenvalue weighted by Crippen LogP contribution is 2.34. The molecule has 3 rings (SSSR count). The van der Waals surface area contributed by atoms with E-state index >= 15 is 0 Å². The van der Waals surface area contributed by atoms with Crippen molar-refractivity contribution in [2.75, 3.05) is 59.7 Å². The summed E-state index contributed by atoms with van der Waals surface area (Å²) in [6.45, 7) is 11.0. The van der Waals surface area contributed by atoms with E-state index in [-0.39, 0.29) is 11.2 Å². The van der Waals surface area contributed by atoms with Crippen LogP contribution < -0.4 is 10.6 Å². The van der Waals surface area contributed by atoms with E-state index in [2.05, 4.69) is 34.4 Å². The molecule has 7 heteroatoms. The minimum atomic E-state index is -0.187. The average Bonchev–Trinajstić information content (AvgIpc) is 2.79. The topological polar surface area (TPSA) is 58.1 Å². The first kappa shape index (κ1) is 24.0. The van der Waals surface area contributed by atoms with Gasteiger partial charge in [0.05, 0.1) is 13.2 Å². The summed E-state index contributed by atoms with van der Waals surface area (Å²) >= 11 is 0. The Morgan fingerprint density at radius 3 is 2.48 bits per heavy atom. The Hall–Kier alpha value is -1.70. The molecule has 2 saturated heterocycles. The van der Waals surface area contributed by atoms with Crippen LogP contribution in [0.25, 0.3) is 0 Å². The Morgan fingerprint density at radius 1 is 1.13 bits per heavy atom. The third-order valence-corrected chi connectivity index (χ3v) is 6.52. The maximum absolute atomic E-state index is 13.9. The summed E-state index contributed by atoms with van der Waals surface area (Å²) in [6.07, 6.45) is 2.86. The molecule has 2 heterocycles. The molecule has 2 N–H and O–H groups in total. The third kappa shape index (κ3) is 6.89. The van der Waals surface area contributed by atoms with Gasteiger partial charge in [-0.05, 0) is 42.9 Å². The molecule has 1 aromatic carbocycles. The second kappa shape index (κ2) is 11.8. The molecule has 1 aromatic rings. The van der Waals surface area contributed by atoms with Gasteiger partial charge in [-0.15, -0.1) is 0 Å². The summed E-state index contributed by atoms with van der Waals surface area (Å²) in [4.78, 5) is 6.98. The van der Waals surface area contributed by atoms with E-state index in [4.69, 9.17) is 9.47 Å². The van der Waals surface area contributed by atoms with E-state index in [1.807, 2.05) is 6.07 Å². The highest BCUT2D eigenvalue weighted by molar-refractivity contribution is 5.79. The van der Waals surface area contributed by atoms with E-state index in [9.17, 15) is 4.39 Å². The molecule has 1 atom stereocenters. The lowest BCUT2D eigenvalue weighted by atomic mass is 9.74. The Labute approximate surface area is 186 Å². The van der Waals surface area contributed by atoms with Crippen LogP contribution in [0, 0.1) is 11.7 Å². The molecule has 0 aliphatic carbocycles. The third-order valence-electron chi connectivity index (χ3n) is 6.52. The molecule has 2 fully saturated rings. The van der Waals surface area contributed by atoms with Gasteiger partial charge in [-0.3, -0.25) is 9.89 Å². The van der Waals surface area contributed by atoms with Gasteiger partial charge in [0, 0.05) is 57.9 Å². The summed E-state index contributed by atoms with van der Waals surface area (Å²) in [5, 5.41) is 7.07. The van der Waals surface area contributed by atoms with E-state index < -0.39 is 0 Å². The number of hydrogen-bond acceptors (Lipinski definition) is 4. The number of rotatable bonds is 8. The maximum Gasteiger partial charge on any atom is 0.191 e. The summed E-state index contributed by atoms with van der Waals surface area (Å²) in [6, 6.07) is 7.45. The number of aliphatic imine (C=N–C) groups is 1. The van der Waals surface area contributed by atoms with Crippen molar-refractivity contribution in [1.29, 1.82) is 0 Å². The summed E-state index contributed by atoms with van der Waals surface area (Å²) in [5.41, 5.74) is 0.879. The quantitative estimate of drug-likeness (QED) is 0.487. The first-order chi connectivity index (χ1) is 15.0. The Balaban J connectivity index is 1.62. The zero-order chi connectivity index (χ0) is 22.1. The Morgan fingerprint density at radius 2 is 1.84 bits per heavy atom. The second-order valence-corrected chi connectivity index (χ2v) is 9.14. The highest BCUT2D eigenvalue weighted by Gasteiger charge is 2.35. The molecular weight excluding hydrogens is 395 g/mol. The average molecular weight is 435 g/mol. The Bertz CT molecular complexity index is 701. The minimum Gasteiger partial charge on any atom is -0.381 e. The van der Waals surface area contributed by atoms with Crippen molar-refractivity contribution in [3.8, 4) is 0 Å². The number of benzene rings is 1. The monoisotopic (exact) mass is 434 g/mol. The normalized spacial score (nSPS) is 21.1. The number of ether oxygens (including phenoxy) is 2. The van der Waals surface area contributed by atoms with Gasteiger partial charge in [0.15, 0.2) is 5.96 Å². The number of nitrogens with zero attached hydrogens (tertiary/aromatic N) is 2. The van der Waals surface area contributed by atoms with Crippen LogP contribution in [-0.2, 0) is 14.9 Å². The van der Waals surface area contributed by atoms with Gasteiger partial charge in [0.2, 0.25) is 0 Å². The van der Waals surface area contributed by atoms with Crippen LogP contribution in [0.2, 0.25) is 0 Å². The fraction of sp³-hybridized carbons (Fsp3) is 0.708.